The Hall–Kier alpha value is -1.40. The maximum absolute atomic E-state index is 12.5. The quantitative estimate of drug-likeness (QED) is 0.838. The van der Waals surface area contributed by atoms with E-state index in [0.29, 0.717) is 0 Å². The first-order chi connectivity index (χ1) is 10.5. The Labute approximate surface area is 137 Å². The Morgan fingerprint density at radius 2 is 2.05 bits per heavy atom. The number of nitrogens with one attached hydrogen (secondary N) is 1. The first kappa shape index (κ1) is 15.5. The molecule has 2 aliphatic rings. The standard InChI is InChI=1S/C16H18BrNO4/c17-10-3-1-9(2-4-10)13(8-15(19)20)18-16(21)12-7-11-5-6-14(12)22-11/h1-4,11-14H,5-8H2,(H,18,21)(H,19,20). The van der Waals surface area contributed by atoms with E-state index in [1.54, 1.807) is 0 Å². The highest BCUT2D eigenvalue weighted by Crippen LogP contribution is 2.39. The fourth-order valence-electron chi connectivity index (χ4n) is 3.31. The normalized spacial score (nSPS) is 27.6. The van der Waals surface area contributed by atoms with Gasteiger partial charge in [0.05, 0.1) is 30.6 Å². The third kappa shape index (κ3) is 3.33. The molecule has 2 N–H and O–H groups in total. The summed E-state index contributed by atoms with van der Waals surface area (Å²) >= 11 is 3.35. The van der Waals surface area contributed by atoms with E-state index in [9.17, 15) is 9.59 Å². The topological polar surface area (TPSA) is 75.6 Å². The molecule has 1 amide bonds. The summed E-state index contributed by atoms with van der Waals surface area (Å²) in [6, 6.07) is 6.83. The zero-order chi connectivity index (χ0) is 15.7. The molecule has 118 valence electrons. The zero-order valence-electron chi connectivity index (χ0n) is 12.0. The number of carboxylic acid groups (broad SMARTS) is 1. The Morgan fingerprint density at radius 1 is 1.32 bits per heavy atom. The van der Waals surface area contributed by atoms with Gasteiger partial charge in [-0.3, -0.25) is 9.59 Å². The van der Waals surface area contributed by atoms with Gasteiger partial charge >= 0.3 is 5.97 Å². The van der Waals surface area contributed by atoms with Crippen LogP contribution in [0.4, 0.5) is 0 Å². The maximum atomic E-state index is 12.5. The molecule has 2 heterocycles. The summed E-state index contributed by atoms with van der Waals surface area (Å²) in [4.78, 5) is 23.6. The molecule has 4 atom stereocenters. The van der Waals surface area contributed by atoms with Gasteiger partial charge in [-0.15, -0.1) is 0 Å². The third-order valence-electron chi connectivity index (χ3n) is 4.41. The number of carboxylic acids is 1. The minimum absolute atomic E-state index is 0.000367. The Kier molecular flexibility index (Phi) is 4.49. The molecule has 1 aromatic carbocycles. The minimum Gasteiger partial charge on any atom is -0.481 e. The number of hydrogen-bond donors (Lipinski definition) is 2. The summed E-state index contributed by atoms with van der Waals surface area (Å²) < 4.78 is 6.62. The molecule has 0 radical (unpaired) electrons. The van der Waals surface area contributed by atoms with Crippen LogP contribution in [0.1, 0.15) is 37.3 Å². The van der Waals surface area contributed by atoms with Crippen LogP contribution in [0.15, 0.2) is 28.7 Å². The minimum atomic E-state index is -0.933. The third-order valence-corrected chi connectivity index (χ3v) is 4.94. The lowest BCUT2D eigenvalue weighted by molar-refractivity contribution is -0.138. The largest absolute Gasteiger partial charge is 0.481 e. The van der Waals surface area contributed by atoms with E-state index in [-0.39, 0.29) is 30.5 Å². The summed E-state index contributed by atoms with van der Waals surface area (Å²) in [5, 5.41) is 12.0. The molecule has 2 bridgehead atoms. The van der Waals surface area contributed by atoms with Gasteiger partial charge in [-0.2, -0.15) is 0 Å². The van der Waals surface area contributed by atoms with Crippen molar-refractivity contribution in [1.82, 2.24) is 5.32 Å². The van der Waals surface area contributed by atoms with Gasteiger partial charge in [-0.05, 0) is 37.0 Å². The molecule has 2 fully saturated rings. The van der Waals surface area contributed by atoms with Crippen LogP contribution in [0, 0.1) is 5.92 Å². The summed E-state index contributed by atoms with van der Waals surface area (Å²) in [6.45, 7) is 0. The van der Waals surface area contributed by atoms with Crippen LogP contribution in [0.2, 0.25) is 0 Å². The fraction of sp³-hybridized carbons (Fsp3) is 0.500. The number of rotatable bonds is 5. The number of hydrogen-bond acceptors (Lipinski definition) is 3. The lowest BCUT2D eigenvalue weighted by Gasteiger charge is -2.23. The van der Waals surface area contributed by atoms with E-state index < -0.39 is 12.0 Å². The van der Waals surface area contributed by atoms with Crippen molar-refractivity contribution in [3.8, 4) is 0 Å². The van der Waals surface area contributed by atoms with E-state index in [1.165, 1.54) is 0 Å². The summed E-state index contributed by atoms with van der Waals surface area (Å²) in [6.07, 6.45) is 2.77. The number of amides is 1. The second kappa shape index (κ2) is 6.38. The number of carbonyl (C=O) groups excluding carboxylic acids is 1. The number of fused-ring (bicyclic) bond motifs is 2. The number of benzene rings is 1. The molecule has 4 unspecified atom stereocenters. The number of ether oxygens (including phenoxy) is 1. The van der Waals surface area contributed by atoms with Gasteiger partial charge in [0.2, 0.25) is 5.91 Å². The van der Waals surface area contributed by atoms with E-state index in [4.69, 9.17) is 9.84 Å². The first-order valence-corrected chi connectivity index (χ1v) is 8.25. The highest BCUT2D eigenvalue weighted by Gasteiger charge is 2.44. The first-order valence-electron chi connectivity index (χ1n) is 7.46. The molecule has 2 saturated heterocycles. The van der Waals surface area contributed by atoms with E-state index >= 15 is 0 Å². The molecular weight excluding hydrogens is 350 g/mol. The summed E-state index contributed by atoms with van der Waals surface area (Å²) in [5.74, 6) is -1.18. The fourth-order valence-corrected chi connectivity index (χ4v) is 3.58. The van der Waals surface area contributed by atoms with Crippen LogP contribution in [0.25, 0.3) is 0 Å². The van der Waals surface area contributed by atoms with Gasteiger partial charge in [-0.25, -0.2) is 0 Å². The van der Waals surface area contributed by atoms with Crippen molar-refractivity contribution in [1.29, 1.82) is 0 Å². The van der Waals surface area contributed by atoms with Crippen molar-refractivity contribution in [2.45, 2.75) is 43.9 Å². The van der Waals surface area contributed by atoms with Gasteiger partial charge < -0.3 is 15.2 Å². The molecule has 6 heteroatoms. The van der Waals surface area contributed by atoms with Crippen molar-refractivity contribution in [3.05, 3.63) is 34.3 Å². The number of halogens is 1. The van der Waals surface area contributed by atoms with E-state index in [1.807, 2.05) is 24.3 Å². The van der Waals surface area contributed by atoms with Crippen molar-refractivity contribution in [2.24, 2.45) is 5.92 Å². The number of aliphatic carboxylic acids is 1. The highest BCUT2D eigenvalue weighted by molar-refractivity contribution is 9.10. The van der Waals surface area contributed by atoms with Gasteiger partial charge in [0.1, 0.15) is 0 Å². The Bertz CT molecular complexity index is 574. The average molecular weight is 368 g/mol. The molecule has 0 aromatic heterocycles. The van der Waals surface area contributed by atoms with Crippen LogP contribution in [0.3, 0.4) is 0 Å². The van der Waals surface area contributed by atoms with Crippen LogP contribution in [0.5, 0.6) is 0 Å². The molecule has 0 saturated carbocycles. The molecule has 3 rings (SSSR count). The molecule has 2 aliphatic heterocycles. The van der Waals surface area contributed by atoms with Crippen molar-refractivity contribution in [3.63, 3.8) is 0 Å². The van der Waals surface area contributed by atoms with Crippen LogP contribution in [-0.4, -0.2) is 29.2 Å². The molecule has 0 spiro atoms. The molecule has 0 aliphatic carbocycles. The SMILES string of the molecule is O=C(O)CC(NC(=O)C1CC2CCC1O2)c1ccc(Br)cc1. The second-order valence-electron chi connectivity index (χ2n) is 5.93. The zero-order valence-corrected chi connectivity index (χ0v) is 13.6. The lowest BCUT2D eigenvalue weighted by Crippen LogP contribution is -2.38. The van der Waals surface area contributed by atoms with Crippen molar-refractivity contribution < 1.29 is 19.4 Å². The summed E-state index contributed by atoms with van der Waals surface area (Å²) in [7, 11) is 0. The van der Waals surface area contributed by atoms with Crippen LogP contribution < -0.4 is 5.32 Å². The second-order valence-corrected chi connectivity index (χ2v) is 6.84. The van der Waals surface area contributed by atoms with Crippen LogP contribution in [-0.2, 0) is 14.3 Å². The number of carbonyl (C=O) groups is 2. The Morgan fingerprint density at radius 3 is 2.59 bits per heavy atom. The molecule has 1 aromatic rings. The average Bonchev–Trinajstić information content (AvgIpc) is 3.09. The molecule has 5 nitrogen and oxygen atoms in total. The summed E-state index contributed by atoms with van der Waals surface area (Å²) in [5.41, 5.74) is 0.794. The van der Waals surface area contributed by atoms with Gasteiger partial charge in [0, 0.05) is 4.47 Å². The van der Waals surface area contributed by atoms with E-state index in [2.05, 4.69) is 21.2 Å². The van der Waals surface area contributed by atoms with Crippen molar-refractivity contribution >= 4 is 27.8 Å². The smallest absolute Gasteiger partial charge is 0.305 e. The van der Waals surface area contributed by atoms with Gasteiger partial charge in [-0.1, -0.05) is 28.1 Å². The van der Waals surface area contributed by atoms with E-state index in [0.717, 1.165) is 29.3 Å². The predicted molar refractivity (Wildman–Crippen MR) is 83.3 cm³/mol. The van der Waals surface area contributed by atoms with Gasteiger partial charge in [0.25, 0.3) is 0 Å². The van der Waals surface area contributed by atoms with Crippen molar-refractivity contribution in [2.75, 3.05) is 0 Å². The molecular formula is C16H18BrNO4. The van der Waals surface area contributed by atoms with Gasteiger partial charge in [0.15, 0.2) is 0 Å². The van der Waals surface area contributed by atoms with Crippen LogP contribution >= 0.6 is 15.9 Å². The monoisotopic (exact) mass is 367 g/mol. The predicted octanol–water partition coefficient (Wildman–Crippen LogP) is 2.65. The lowest BCUT2D eigenvalue weighted by atomic mass is 9.88. The Balaban J connectivity index is 1.71. The maximum Gasteiger partial charge on any atom is 0.305 e. The molecule has 22 heavy (non-hydrogen) atoms. The highest BCUT2D eigenvalue weighted by atomic mass is 79.9.